The first-order chi connectivity index (χ1) is 7.17. The summed E-state index contributed by atoms with van der Waals surface area (Å²) in [7, 11) is 0. The monoisotopic (exact) mass is 242 g/mol. The predicted molar refractivity (Wildman–Crippen MR) is 47.3 cm³/mol. The van der Waals surface area contributed by atoms with Gasteiger partial charge in [-0.3, -0.25) is 14.4 Å². The molecule has 0 amide bonds. The number of aliphatic hydroxyl groups is 1. The van der Waals surface area contributed by atoms with E-state index in [-0.39, 0.29) is 20.3 Å². The van der Waals surface area contributed by atoms with Crippen molar-refractivity contribution < 1.29 is 59.5 Å². The Bertz CT molecular complexity index is 344. The van der Waals surface area contributed by atoms with Crippen molar-refractivity contribution in [3.63, 3.8) is 0 Å². The molecule has 0 aromatic heterocycles. The van der Waals surface area contributed by atoms with Gasteiger partial charge in [0.1, 0.15) is 0 Å². The molecule has 0 spiro atoms. The smallest absolute Gasteiger partial charge is 1.00 e. The molecule has 0 heterocycles. The first-order valence-corrected chi connectivity index (χ1v) is 4.06. The zero-order chi connectivity index (χ0) is 12.9. The summed E-state index contributed by atoms with van der Waals surface area (Å²) in [5.41, 5.74) is -2.78. The van der Waals surface area contributed by atoms with Crippen molar-refractivity contribution in [3.8, 4) is 0 Å². The number of rotatable bonds is 5. The molecule has 92 valence electrons. The molecule has 0 aromatic rings. The van der Waals surface area contributed by atoms with Crippen LogP contribution in [0.1, 0.15) is 21.2 Å². The van der Waals surface area contributed by atoms with Crippen LogP contribution in [0.3, 0.4) is 0 Å². The number of aliphatic carboxylic acids is 2. The van der Waals surface area contributed by atoms with Gasteiger partial charge in [-0.05, 0) is 0 Å². The second-order valence-electron chi connectivity index (χ2n) is 3.05. The van der Waals surface area contributed by atoms with E-state index in [1.807, 2.05) is 0 Å². The molecule has 0 aliphatic carbocycles. The maximum Gasteiger partial charge on any atom is 1.00 e. The fraction of sp³-hybridized carbons (Fsp3) is 0.500. The molecule has 9 heteroatoms. The third-order valence-electron chi connectivity index (χ3n) is 1.54. The van der Waals surface area contributed by atoms with Gasteiger partial charge in [-0.15, -0.1) is 0 Å². The van der Waals surface area contributed by atoms with Crippen molar-refractivity contribution in [2.75, 3.05) is 0 Å². The van der Waals surface area contributed by atoms with Gasteiger partial charge in [0.05, 0.1) is 12.8 Å². The summed E-state index contributed by atoms with van der Waals surface area (Å²) in [4.78, 5) is 42.1. The molecule has 0 saturated carbocycles. The Labute approximate surface area is 109 Å². The molecule has 0 radical (unpaired) electrons. The Morgan fingerprint density at radius 1 is 1.18 bits per heavy atom. The molecule has 0 aliphatic rings. The molecule has 0 fully saturated rings. The summed E-state index contributed by atoms with van der Waals surface area (Å²) >= 11 is 0. The van der Waals surface area contributed by atoms with Gasteiger partial charge in [-0.25, -0.2) is 4.79 Å². The van der Waals surface area contributed by atoms with E-state index < -0.39 is 42.3 Å². The van der Waals surface area contributed by atoms with Gasteiger partial charge < -0.3 is 21.5 Å². The van der Waals surface area contributed by atoms with Crippen LogP contribution in [0.15, 0.2) is 0 Å². The van der Waals surface area contributed by atoms with Crippen LogP contribution in [0, 0.1) is 0 Å². The van der Waals surface area contributed by atoms with E-state index in [2.05, 4.69) is 4.74 Å². The fourth-order valence-corrected chi connectivity index (χ4v) is 0.899. The van der Waals surface area contributed by atoms with Crippen molar-refractivity contribution >= 4 is 23.9 Å². The van der Waals surface area contributed by atoms with Crippen molar-refractivity contribution in [1.82, 2.24) is 0 Å². The van der Waals surface area contributed by atoms with Gasteiger partial charge in [0, 0.05) is 6.92 Å². The van der Waals surface area contributed by atoms with Gasteiger partial charge in [0.2, 0.25) is 0 Å². The van der Waals surface area contributed by atoms with Gasteiger partial charge in [-0.2, -0.15) is 0 Å². The minimum atomic E-state index is -2.78. The topological polar surface area (TPSA) is 138 Å². The summed E-state index contributed by atoms with van der Waals surface area (Å²) in [6, 6.07) is 0. The standard InChI is InChI=1S/C8H10O8.Li.H/c1-4(9)16-6(12)3-8(15,7(13)14)2-5(10)11;;/h15H,2-3H2,1H3,(H,10,11)(H,13,14);;/q;+1;-1. The Hall–Kier alpha value is -1.36. The first-order valence-electron chi connectivity index (χ1n) is 4.06. The summed E-state index contributed by atoms with van der Waals surface area (Å²) in [5, 5.41) is 26.3. The van der Waals surface area contributed by atoms with Gasteiger partial charge in [0.15, 0.2) is 5.60 Å². The van der Waals surface area contributed by atoms with E-state index in [9.17, 15) is 24.3 Å². The van der Waals surface area contributed by atoms with Crippen molar-refractivity contribution in [3.05, 3.63) is 0 Å². The van der Waals surface area contributed by atoms with Crippen LogP contribution in [-0.4, -0.2) is 44.8 Å². The molecule has 0 aliphatic heterocycles. The van der Waals surface area contributed by atoms with Crippen LogP contribution >= 0.6 is 0 Å². The molecule has 0 saturated heterocycles. The number of carboxylic acid groups (broad SMARTS) is 2. The van der Waals surface area contributed by atoms with E-state index in [4.69, 9.17) is 10.2 Å². The summed E-state index contributed by atoms with van der Waals surface area (Å²) in [6.45, 7) is 0.912. The van der Waals surface area contributed by atoms with Crippen LogP contribution in [0.5, 0.6) is 0 Å². The second kappa shape index (κ2) is 7.06. The number of carbonyl (C=O) groups excluding carboxylic acids is 2. The third kappa shape index (κ3) is 6.73. The number of esters is 2. The Morgan fingerprint density at radius 2 is 1.65 bits per heavy atom. The van der Waals surface area contributed by atoms with Gasteiger partial charge in [-0.1, -0.05) is 0 Å². The van der Waals surface area contributed by atoms with E-state index in [0.717, 1.165) is 6.92 Å². The molecule has 0 bridgehead atoms. The largest absolute Gasteiger partial charge is 1.00 e. The fourth-order valence-electron chi connectivity index (χ4n) is 0.899. The van der Waals surface area contributed by atoms with Crippen molar-refractivity contribution in [2.24, 2.45) is 0 Å². The molecule has 8 nitrogen and oxygen atoms in total. The van der Waals surface area contributed by atoms with Crippen LogP contribution in [0.2, 0.25) is 0 Å². The molecule has 17 heavy (non-hydrogen) atoms. The number of hydrogen-bond acceptors (Lipinski definition) is 6. The average Bonchev–Trinajstić information content (AvgIpc) is 1.98. The van der Waals surface area contributed by atoms with Crippen LogP contribution < -0.4 is 18.9 Å². The van der Waals surface area contributed by atoms with Gasteiger partial charge in [0.25, 0.3) is 0 Å². The van der Waals surface area contributed by atoms with Gasteiger partial charge >= 0.3 is 42.7 Å². The predicted octanol–water partition coefficient (Wildman–Crippen LogP) is -4.13. The molecular weight excluding hydrogens is 231 g/mol. The average molecular weight is 242 g/mol. The number of carboxylic acids is 2. The van der Waals surface area contributed by atoms with Crippen LogP contribution in [0.25, 0.3) is 0 Å². The minimum absolute atomic E-state index is 0. The molecule has 0 rings (SSSR count). The molecule has 3 N–H and O–H groups in total. The van der Waals surface area contributed by atoms with E-state index in [0.29, 0.717) is 0 Å². The Balaban J connectivity index is -0.00000112. The van der Waals surface area contributed by atoms with E-state index in [1.54, 1.807) is 0 Å². The SMILES string of the molecule is CC(=O)OC(=O)CC(O)(CC(=O)O)C(=O)O.[H-].[Li+]. The summed E-state index contributed by atoms with van der Waals surface area (Å²) in [6.07, 6.45) is -2.29. The van der Waals surface area contributed by atoms with Crippen LogP contribution in [0.4, 0.5) is 0 Å². The van der Waals surface area contributed by atoms with Crippen molar-refractivity contribution in [1.29, 1.82) is 0 Å². The number of ether oxygens (including phenoxy) is 1. The van der Waals surface area contributed by atoms with E-state index in [1.165, 1.54) is 0 Å². The minimum Gasteiger partial charge on any atom is -1.00 e. The first kappa shape index (κ1) is 18.0. The summed E-state index contributed by atoms with van der Waals surface area (Å²) in [5.74, 6) is -5.76. The maximum atomic E-state index is 10.9. The zero-order valence-corrected chi connectivity index (χ0v) is 9.30. The molecular formula is C8H11LiO8. The summed E-state index contributed by atoms with van der Waals surface area (Å²) < 4.78 is 3.98. The molecule has 1 atom stereocenters. The van der Waals surface area contributed by atoms with E-state index >= 15 is 0 Å². The molecule has 1 unspecified atom stereocenters. The Morgan fingerprint density at radius 3 is 1.94 bits per heavy atom. The Kier molecular flexibility index (Phi) is 7.48. The zero-order valence-electron chi connectivity index (χ0n) is 10.3. The number of carbonyl (C=O) groups is 4. The normalized spacial score (nSPS) is 12.8. The maximum absolute atomic E-state index is 10.9. The third-order valence-corrected chi connectivity index (χ3v) is 1.54. The second-order valence-corrected chi connectivity index (χ2v) is 3.05. The van der Waals surface area contributed by atoms with Crippen molar-refractivity contribution in [2.45, 2.75) is 25.4 Å². The van der Waals surface area contributed by atoms with Crippen LogP contribution in [-0.2, 0) is 23.9 Å². The quantitative estimate of drug-likeness (QED) is 0.251. The number of hydrogen-bond donors (Lipinski definition) is 3. The molecule has 0 aromatic carbocycles.